The number of rotatable bonds is 5. The Morgan fingerprint density at radius 2 is 2.07 bits per heavy atom. The quantitative estimate of drug-likeness (QED) is 0.740. The van der Waals surface area contributed by atoms with E-state index in [9.17, 15) is 4.79 Å². The van der Waals surface area contributed by atoms with E-state index in [0.29, 0.717) is 17.9 Å². The molecule has 6 nitrogen and oxygen atoms in total. The molecule has 5 atom stereocenters. The zero-order valence-corrected chi connectivity index (χ0v) is 15.8. The molecule has 2 aliphatic heterocycles. The van der Waals surface area contributed by atoms with Crippen LogP contribution in [0.4, 0.5) is 0 Å². The predicted molar refractivity (Wildman–Crippen MR) is 97.5 cm³/mol. The van der Waals surface area contributed by atoms with Crippen molar-refractivity contribution in [3.63, 3.8) is 0 Å². The second-order valence-electron chi connectivity index (χ2n) is 7.12. The van der Waals surface area contributed by atoms with Crippen LogP contribution in [0.15, 0.2) is 42.7 Å². The molecule has 0 saturated carbocycles. The second kappa shape index (κ2) is 6.69. The number of hydrogen-bond acceptors (Lipinski definition) is 6. The molecular formula is C21H24O6. The normalized spacial score (nSPS) is 34.2. The second-order valence-corrected chi connectivity index (χ2v) is 7.12. The van der Waals surface area contributed by atoms with Crippen molar-refractivity contribution in [2.75, 3.05) is 21.0 Å². The lowest BCUT2D eigenvalue weighted by Gasteiger charge is -2.42. The first-order chi connectivity index (χ1) is 13.1. The summed E-state index contributed by atoms with van der Waals surface area (Å²) in [6.45, 7) is 6.08. The van der Waals surface area contributed by atoms with Crippen molar-refractivity contribution in [3.8, 4) is 11.5 Å². The first-order valence-corrected chi connectivity index (χ1v) is 9.07. The average Bonchev–Trinajstić information content (AvgIpc) is 3.26. The Balaban J connectivity index is 1.78. The fourth-order valence-electron chi connectivity index (χ4n) is 4.62. The van der Waals surface area contributed by atoms with Gasteiger partial charge in [0.15, 0.2) is 22.9 Å². The van der Waals surface area contributed by atoms with Crippen LogP contribution in [0.3, 0.4) is 0 Å². The standard InChI is InChI=1S/C21H24O6/c1-5-6-14-15(22)10-18(23-3)21(24-4)12(2)19(27-20(14)21)13-7-8-16-17(9-13)26-11-25-16/h5,7-10,12,14,19-20H,1,6,11H2,2-4H3/t12-,14-,19-,20-,21-/m1/s1. The topological polar surface area (TPSA) is 63.2 Å². The third kappa shape index (κ3) is 2.51. The lowest BCUT2D eigenvalue weighted by Crippen LogP contribution is -2.54. The molecule has 1 aromatic rings. The van der Waals surface area contributed by atoms with Gasteiger partial charge in [-0.1, -0.05) is 19.1 Å². The largest absolute Gasteiger partial charge is 0.498 e. The van der Waals surface area contributed by atoms with Gasteiger partial charge in [-0.15, -0.1) is 6.58 Å². The van der Waals surface area contributed by atoms with Crippen LogP contribution in [-0.4, -0.2) is 38.5 Å². The Labute approximate surface area is 158 Å². The molecule has 0 aromatic heterocycles. The summed E-state index contributed by atoms with van der Waals surface area (Å²) in [4.78, 5) is 12.7. The Kier molecular flexibility index (Phi) is 4.48. The first-order valence-electron chi connectivity index (χ1n) is 9.07. The lowest BCUT2D eigenvalue weighted by molar-refractivity contribution is -0.141. The monoisotopic (exact) mass is 372 g/mol. The highest BCUT2D eigenvalue weighted by atomic mass is 16.7. The van der Waals surface area contributed by atoms with E-state index >= 15 is 0 Å². The number of methoxy groups -OCH3 is 2. The van der Waals surface area contributed by atoms with Crippen molar-refractivity contribution >= 4 is 5.78 Å². The number of benzene rings is 1. The van der Waals surface area contributed by atoms with E-state index in [1.54, 1.807) is 26.4 Å². The minimum Gasteiger partial charge on any atom is -0.498 e. The molecular weight excluding hydrogens is 348 g/mol. The van der Waals surface area contributed by atoms with Crippen molar-refractivity contribution in [2.45, 2.75) is 31.2 Å². The third-order valence-electron chi connectivity index (χ3n) is 5.94. The van der Waals surface area contributed by atoms with Crippen LogP contribution >= 0.6 is 0 Å². The molecule has 3 aliphatic rings. The molecule has 0 unspecified atom stereocenters. The molecule has 27 heavy (non-hydrogen) atoms. The van der Waals surface area contributed by atoms with Gasteiger partial charge in [-0.05, 0) is 24.1 Å². The fraction of sp³-hybridized carbons (Fsp3) is 0.476. The molecule has 4 rings (SSSR count). The number of allylic oxidation sites excluding steroid dienone is 2. The Hall–Kier alpha value is -2.31. The molecule has 1 fully saturated rings. The maximum Gasteiger partial charge on any atom is 0.231 e. The van der Waals surface area contributed by atoms with Gasteiger partial charge in [-0.25, -0.2) is 0 Å². The number of ether oxygens (including phenoxy) is 5. The zero-order valence-electron chi connectivity index (χ0n) is 15.8. The molecule has 2 heterocycles. The van der Waals surface area contributed by atoms with Gasteiger partial charge in [0.05, 0.1) is 19.1 Å². The van der Waals surface area contributed by atoms with Crippen molar-refractivity contribution in [2.24, 2.45) is 11.8 Å². The van der Waals surface area contributed by atoms with E-state index in [2.05, 4.69) is 13.5 Å². The molecule has 1 aliphatic carbocycles. The van der Waals surface area contributed by atoms with Crippen LogP contribution in [0.5, 0.6) is 11.5 Å². The molecule has 6 heteroatoms. The van der Waals surface area contributed by atoms with Crippen LogP contribution in [0.2, 0.25) is 0 Å². The van der Waals surface area contributed by atoms with Gasteiger partial charge in [0.1, 0.15) is 11.9 Å². The predicted octanol–water partition coefficient (Wildman–Crippen LogP) is 3.18. The van der Waals surface area contributed by atoms with E-state index in [0.717, 1.165) is 11.3 Å². The van der Waals surface area contributed by atoms with Crippen LogP contribution in [0.1, 0.15) is 25.0 Å². The molecule has 0 amide bonds. The van der Waals surface area contributed by atoms with Crippen molar-refractivity contribution in [1.29, 1.82) is 0 Å². The number of fused-ring (bicyclic) bond motifs is 2. The van der Waals surface area contributed by atoms with E-state index < -0.39 is 11.7 Å². The van der Waals surface area contributed by atoms with Crippen molar-refractivity contribution in [1.82, 2.24) is 0 Å². The van der Waals surface area contributed by atoms with Crippen LogP contribution in [0.25, 0.3) is 0 Å². The van der Waals surface area contributed by atoms with Gasteiger partial charge < -0.3 is 23.7 Å². The number of hydrogen-bond donors (Lipinski definition) is 0. The zero-order chi connectivity index (χ0) is 19.2. The summed E-state index contributed by atoms with van der Waals surface area (Å²) in [5, 5.41) is 0. The van der Waals surface area contributed by atoms with Gasteiger partial charge in [0.25, 0.3) is 0 Å². The summed E-state index contributed by atoms with van der Waals surface area (Å²) in [6, 6.07) is 5.79. The first kappa shape index (κ1) is 18.1. The third-order valence-corrected chi connectivity index (χ3v) is 5.94. The minimum atomic E-state index is -0.836. The number of carbonyl (C=O) groups excluding carboxylic acids is 1. The summed E-state index contributed by atoms with van der Waals surface area (Å²) in [5.41, 5.74) is 0.120. The van der Waals surface area contributed by atoms with Gasteiger partial charge in [0.2, 0.25) is 6.79 Å². The highest BCUT2D eigenvalue weighted by Crippen LogP contribution is 2.55. The van der Waals surface area contributed by atoms with Gasteiger partial charge >= 0.3 is 0 Å². The molecule has 0 spiro atoms. The van der Waals surface area contributed by atoms with Crippen molar-refractivity contribution in [3.05, 3.63) is 48.3 Å². The molecule has 0 radical (unpaired) electrons. The van der Waals surface area contributed by atoms with E-state index in [-0.39, 0.29) is 30.5 Å². The van der Waals surface area contributed by atoms with E-state index in [1.807, 2.05) is 18.2 Å². The average molecular weight is 372 g/mol. The van der Waals surface area contributed by atoms with Crippen LogP contribution in [0, 0.1) is 11.8 Å². The Morgan fingerprint density at radius 1 is 1.30 bits per heavy atom. The van der Waals surface area contributed by atoms with Crippen LogP contribution in [-0.2, 0) is 19.0 Å². The summed E-state index contributed by atoms with van der Waals surface area (Å²) in [6.07, 6.45) is 3.08. The molecule has 1 aromatic carbocycles. The maximum absolute atomic E-state index is 12.7. The smallest absolute Gasteiger partial charge is 0.231 e. The summed E-state index contributed by atoms with van der Waals surface area (Å²) in [7, 11) is 3.20. The fourth-order valence-corrected chi connectivity index (χ4v) is 4.62. The van der Waals surface area contributed by atoms with Crippen molar-refractivity contribution < 1.29 is 28.5 Å². The molecule has 0 bridgehead atoms. The molecule has 0 N–H and O–H groups in total. The van der Waals surface area contributed by atoms with Gasteiger partial charge in [-0.2, -0.15) is 0 Å². The highest BCUT2D eigenvalue weighted by Gasteiger charge is 2.63. The Bertz CT molecular complexity index is 800. The maximum atomic E-state index is 12.7. The van der Waals surface area contributed by atoms with E-state index in [1.165, 1.54) is 0 Å². The number of carbonyl (C=O) groups is 1. The molecule has 1 saturated heterocycles. The lowest BCUT2D eigenvalue weighted by atomic mass is 9.71. The minimum absolute atomic E-state index is 0.0250. The molecule has 144 valence electrons. The summed E-state index contributed by atoms with van der Waals surface area (Å²) >= 11 is 0. The highest BCUT2D eigenvalue weighted by molar-refractivity contribution is 5.94. The summed E-state index contributed by atoms with van der Waals surface area (Å²) < 4.78 is 29.0. The van der Waals surface area contributed by atoms with Gasteiger partial charge in [-0.3, -0.25) is 4.79 Å². The van der Waals surface area contributed by atoms with Gasteiger partial charge in [0, 0.05) is 19.1 Å². The van der Waals surface area contributed by atoms with Crippen LogP contribution < -0.4 is 9.47 Å². The van der Waals surface area contributed by atoms with E-state index in [4.69, 9.17) is 23.7 Å². The summed E-state index contributed by atoms with van der Waals surface area (Å²) in [5.74, 6) is 1.47. The number of ketones is 1. The SMILES string of the molecule is C=CC[C@@H]1C(=O)C=C(OC)[C@]2(OC)[C@H](C)[C@H](c3ccc4c(c3)OCO4)O[C@H]12. The Morgan fingerprint density at radius 3 is 2.78 bits per heavy atom.